The van der Waals surface area contributed by atoms with E-state index in [1.54, 1.807) is 0 Å². The Kier molecular flexibility index (Phi) is 5.08. The molecule has 0 radical (unpaired) electrons. The van der Waals surface area contributed by atoms with Gasteiger partial charge in [0, 0.05) is 17.7 Å². The Bertz CT molecular complexity index is 996. The van der Waals surface area contributed by atoms with Gasteiger partial charge in [0.05, 0.1) is 20.0 Å². The number of non-ortho nitro benzene ring substituents is 1. The molecule has 0 atom stereocenters. The summed E-state index contributed by atoms with van der Waals surface area (Å²) >= 11 is 9.19. The van der Waals surface area contributed by atoms with Gasteiger partial charge >= 0.3 is 0 Å². The fourth-order valence-electron chi connectivity index (χ4n) is 2.27. The first-order valence-corrected chi connectivity index (χ1v) is 9.00. The molecule has 26 heavy (non-hydrogen) atoms. The third kappa shape index (κ3) is 3.48. The molecule has 1 saturated heterocycles. The van der Waals surface area contributed by atoms with Gasteiger partial charge < -0.3 is 5.11 Å². The molecule has 2 aromatic rings. The van der Waals surface area contributed by atoms with Gasteiger partial charge in [-0.05, 0) is 40.2 Å². The summed E-state index contributed by atoms with van der Waals surface area (Å²) in [6.45, 7) is 0. The summed E-state index contributed by atoms with van der Waals surface area (Å²) in [6, 6.07) is 7.72. The van der Waals surface area contributed by atoms with Crippen molar-refractivity contribution in [3.63, 3.8) is 0 Å². The van der Waals surface area contributed by atoms with Gasteiger partial charge in [-0.15, -0.1) is 0 Å². The molecule has 0 aliphatic carbocycles. The number of nitro groups is 1. The van der Waals surface area contributed by atoms with Crippen LogP contribution in [0.1, 0.15) is 5.56 Å². The number of nitro benzene ring substituents is 1. The lowest BCUT2D eigenvalue weighted by Crippen LogP contribution is -2.27. The van der Waals surface area contributed by atoms with Gasteiger partial charge in [-0.1, -0.05) is 30.0 Å². The average Bonchev–Trinajstić information content (AvgIpc) is 2.85. The zero-order valence-electron chi connectivity index (χ0n) is 12.7. The summed E-state index contributed by atoms with van der Waals surface area (Å²) in [5, 5.41) is 21.1. The molecular formula is C16H8BrFN2O4S2. The minimum absolute atomic E-state index is 0.0887. The van der Waals surface area contributed by atoms with Crippen molar-refractivity contribution in [2.75, 3.05) is 4.90 Å². The maximum atomic E-state index is 13.4. The van der Waals surface area contributed by atoms with Crippen molar-refractivity contribution in [2.24, 2.45) is 0 Å². The number of aromatic hydroxyl groups is 1. The quantitative estimate of drug-likeness (QED) is 0.315. The summed E-state index contributed by atoms with van der Waals surface area (Å²) in [5.41, 5.74) is 0.118. The molecule has 1 amide bonds. The van der Waals surface area contributed by atoms with Crippen LogP contribution in [0.2, 0.25) is 0 Å². The third-order valence-corrected chi connectivity index (χ3v) is 5.34. The molecule has 1 aliphatic rings. The molecule has 132 valence electrons. The predicted molar refractivity (Wildman–Crippen MR) is 105 cm³/mol. The summed E-state index contributed by atoms with van der Waals surface area (Å²) in [6.07, 6.45) is 1.31. The Hall–Kier alpha value is -2.30. The molecule has 0 saturated carbocycles. The van der Waals surface area contributed by atoms with Gasteiger partial charge in [-0.3, -0.25) is 19.8 Å². The third-order valence-electron chi connectivity index (χ3n) is 3.44. The van der Waals surface area contributed by atoms with Crippen molar-refractivity contribution >= 4 is 67.6 Å². The number of phenolic OH excluding ortho intramolecular Hbond substituents is 1. The predicted octanol–water partition coefficient (Wildman–Crippen LogP) is 4.61. The number of rotatable bonds is 3. The number of carbonyl (C=O) groups is 1. The van der Waals surface area contributed by atoms with Crippen molar-refractivity contribution < 1.29 is 19.2 Å². The summed E-state index contributed by atoms with van der Waals surface area (Å²) in [4.78, 5) is 24.3. The van der Waals surface area contributed by atoms with Crippen LogP contribution in [0.15, 0.2) is 45.8 Å². The number of nitrogens with zero attached hydrogens (tertiary/aromatic N) is 2. The van der Waals surface area contributed by atoms with Crippen LogP contribution in [0.4, 0.5) is 15.8 Å². The first kappa shape index (κ1) is 18.5. The standard InChI is InChI=1S/C16H8BrFN2O4S2/c17-12-7-11(20(23)24)4-8(14(12)21)5-13-15(22)19(16(25)26-13)10-3-1-2-9(18)6-10/h1-7,21H/b13-5+. The first-order valence-electron chi connectivity index (χ1n) is 6.98. The monoisotopic (exact) mass is 454 g/mol. The van der Waals surface area contributed by atoms with Crippen LogP contribution in [-0.2, 0) is 4.79 Å². The number of halogens is 2. The molecule has 10 heteroatoms. The lowest BCUT2D eigenvalue weighted by atomic mass is 10.1. The second kappa shape index (κ2) is 7.14. The number of thiocarbonyl (C=S) groups is 1. The van der Waals surface area contributed by atoms with Crippen molar-refractivity contribution in [3.05, 3.63) is 67.3 Å². The maximum absolute atomic E-state index is 13.4. The van der Waals surface area contributed by atoms with Crippen molar-refractivity contribution in [1.29, 1.82) is 0 Å². The summed E-state index contributed by atoms with van der Waals surface area (Å²) < 4.78 is 13.7. The van der Waals surface area contributed by atoms with Crippen molar-refractivity contribution in [2.45, 2.75) is 0 Å². The Morgan fingerprint density at radius 2 is 2.08 bits per heavy atom. The lowest BCUT2D eigenvalue weighted by molar-refractivity contribution is -0.385. The average molecular weight is 455 g/mol. The number of benzene rings is 2. The molecule has 0 unspecified atom stereocenters. The minimum Gasteiger partial charge on any atom is -0.506 e. The largest absolute Gasteiger partial charge is 0.506 e. The molecule has 1 N–H and O–H groups in total. The maximum Gasteiger partial charge on any atom is 0.271 e. The fourth-order valence-corrected chi connectivity index (χ4v) is 4.02. The molecule has 1 fully saturated rings. The smallest absolute Gasteiger partial charge is 0.271 e. The Morgan fingerprint density at radius 1 is 1.35 bits per heavy atom. The van der Waals surface area contributed by atoms with Crippen molar-refractivity contribution in [3.8, 4) is 5.75 Å². The van der Waals surface area contributed by atoms with Crippen LogP contribution in [0.25, 0.3) is 6.08 Å². The van der Waals surface area contributed by atoms with E-state index in [1.165, 1.54) is 35.2 Å². The Morgan fingerprint density at radius 3 is 2.73 bits per heavy atom. The normalized spacial score (nSPS) is 15.8. The lowest BCUT2D eigenvalue weighted by Gasteiger charge is -2.14. The number of hydrogen-bond acceptors (Lipinski definition) is 6. The second-order valence-electron chi connectivity index (χ2n) is 5.12. The van der Waals surface area contributed by atoms with E-state index in [9.17, 15) is 24.4 Å². The van der Waals surface area contributed by atoms with Crippen LogP contribution in [0, 0.1) is 15.9 Å². The highest BCUT2D eigenvalue weighted by atomic mass is 79.9. The van der Waals surface area contributed by atoms with E-state index in [2.05, 4.69) is 15.9 Å². The van der Waals surface area contributed by atoms with E-state index in [-0.39, 0.29) is 36.4 Å². The number of phenols is 1. The van der Waals surface area contributed by atoms with Gasteiger partial charge in [0.15, 0.2) is 4.32 Å². The van der Waals surface area contributed by atoms with E-state index in [0.29, 0.717) is 0 Å². The van der Waals surface area contributed by atoms with E-state index >= 15 is 0 Å². The van der Waals surface area contributed by atoms with E-state index in [0.717, 1.165) is 23.9 Å². The highest BCUT2D eigenvalue weighted by Crippen LogP contribution is 2.39. The minimum atomic E-state index is -0.612. The zero-order chi connectivity index (χ0) is 19.0. The molecule has 6 nitrogen and oxygen atoms in total. The van der Waals surface area contributed by atoms with Gasteiger partial charge in [0.1, 0.15) is 11.6 Å². The van der Waals surface area contributed by atoms with E-state index < -0.39 is 16.6 Å². The first-order chi connectivity index (χ1) is 12.3. The second-order valence-corrected chi connectivity index (χ2v) is 7.65. The zero-order valence-corrected chi connectivity index (χ0v) is 15.9. The highest BCUT2D eigenvalue weighted by molar-refractivity contribution is 9.10. The molecule has 3 rings (SSSR count). The summed E-state index contributed by atoms with van der Waals surface area (Å²) in [7, 11) is 0. The molecule has 0 spiro atoms. The van der Waals surface area contributed by atoms with Gasteiger partial charge in [0.25, 0.3) is 11.6 Å². The molecule has 1 heterocycles. The number of thioether (sulfide) groups is 1. The summed E-state index contributed by atoms with van der Waals surface area (Å²) in [5.74, 6) is -1.26. The highest BCUT2D eigenvalue weighted by Gasteiger charge is 2.33. The molecular weight excluding hydrogens is 447 g/mol. The fraction of sp³-hybridized carbons (Fsp3) is 0. The van der Waals surface area contributed by atoms with E-state index in [4.69, 9.17) is 12.2 Å². The van der Waals surface area contributed by atoms with Crippen molar-refractivity contribution in [1.82, 2.24) is 0 Å². The van der Waals surface area contributed by atoms with Crippen LogP contribution in [0.5, 0.6) is 5.75 Å². The topological polar surface area (TPSA) is 83.7 Å². The van der Waals surface area contributed by atoms with E-state index in [1.807, 2.05) is 0 Å². The van der Waals surface area contributed by atoms with Crippen LogP contribution < -0.4 is 4.90 Å². The SMILES string of the molecule is O=C1/C(=C\c2cc([N+](=O)[O-])cc(Br)c2O)SC(=S)N1c1cccc(F)c1. The number of amides is 1. The molecule has 0 bridgehead atoms. The Balaban J connectivity index is 2.02. The van der Waals surface area contributed by atoms with Gasteiger partial charge in [-0.25, -0.2) is 4.39 Å². The van der Waals surface area contributed by atoms with Gasteiger partial charge in [-0.2, -0.15) is 0 Å². The number of anilines is 1. The molecule has 2 aromatic carbocycles. The van der Waals surface area contributed by atoms with Crippen LogP contribution in [0.3, 0.4) is 0 Å². The van der Waals surface area contributed by atoms with Crippen LogP contribution >= 0.6 is 39.9 Å². The molecule has 0 aromatic heterocycles. The molecule has 1 aliphatic heterocycles. The number of carbonyl (C=O) groups excluding carboxylic acids is 1. The van der Waals surface area contributed by atoms with Crippen LogP contribution in [-0.4, -0.2) is 20.3 Å². The Labute approximate surface area is 164 Å². The number of hydrogen-bond donors (Lipinski definition) is 1. The van der Waals surface area contributed by atoms with Gasteiger partial charge in [0.2, 0.25) is 0 Å².